The SMILES string of the molecule is CCCCCCCCCCCCNCC(O)CC(C(=O)O)C(=O)O. The zero-order valence-electron chi connectivity index (χ0n) is 15.0. The Balaban J connectivity index is 3.43. The van der Waals surface area contributed by atoms with Gasteiger partial charge in [-0.2, -0.15) is 0 Å². The molecule has 6 heteroatoms. The van der Waals surface area contributed by atoms with Gasteiger partial charge in [0, 0.05) is 6.54 Å². The van der Waals surface area contributed by atoms with E-state index in [1.807, 2.05) is 0 Å². The highest BCUT2D eigenvalue weighted by molar-refractivity contribution is 5.92. The Morgan fingerprint density at radius 3 is 1.75 bits per heavy atom. The molecule has 0 rings (SSSR count). The molecule has 1 atom stereocenters. The minimum absolute atomic E-state index is 0.231. The number of carboxylic acids is 2. The van der Waals surface area contributed by atoms with Crippen molar-refractivity contribution in [1.82, 2.24) is 5.32 Å². The lowest BCUT2D eigenvalue weighted by molar-refractivity contribution is -0.156. The number of nitrogens with one attached hydrogen (secondary N) is 1. The number of aliphatic hydroxyl groups is 1. The van der Waals surface area contributed by atoms with Crippen LogP contribution in [0.15, 0.2) is 0 Å². The molecule has 0 saturated heterocycles. The monoisotopic (exact) mass is 345 g/mol. The maximum atomic E-state index is 10.7. The quantitative estimate of drug-likeness (QED) is 0.238. The van der Waals surface area contributed by atoms with Crippen molar-refractivity contribution in [1.29, 1.82) is 0 Å². The van der Waals surface area contributed by atoms with Crippen LogP contribution in [0, 0.1) is 5.92 Å². The molecular formula is C18H35NO5. The highest BCUT2D eigenvalue weighted by Crippen LogP contribution is 2.10. The Hall–Kier alpha value is -1.14. The molecule has 0 aromatic heterocycles. The Morgan fingerprint density at radius 2 is 1.29 bits per heavy atom. The Kier molecular flexibility index (Phi) is 14.7. The van der Waals surface area contributed by atoms with Crippen LogP contribution < -0.4 is 5.32 Å². The number of carbonyl (C=O) groups is 2. The Morgan fingerprint density at radius 1 is 0.833 bits per heavy atom. The minimum atomic E-state index is -1.54. The van der Waals surface area contributed by atoms with E-state index in [9.17, 15) is 14.7 Å². The maximum Gasteiger partial charge on any atom is 0.317 e. The first-order valence-electron chi connectivity index (χ1n) is 9.33. The van der Waals surface area contributed by atoms with E-state index < -0.39 is 24.0 Å². The summed E-state index contributed by atoms with van der Waals surface area (Å²) in [6.45, 7) is 3.22. The summed E-state index contributed by atoms with van der Waals surface area (Å²) in [6.07, 6.45) is 11.4. The normalized spacial score (nSPS) is 12.5. The molecule has 0 amide bonds. The van der Waals surface area contributed by atoms with Gasteiger partial charge in [0.15, 0.2) is 5.92 Å². The third-order valence-corrected chi connectivity index (χ3v) is 4.19. The topological polar surface area (TPSA) is 107 Å². The van der Waals surface area contributed by atoms with Crippen molar-refractivity contribution in [2.75, 3.05) is 13.1 Å². The van der Waals surface area contributed by atoms with Gasteiger partial charge in [-0.3, -0.25) is 9.59 Å². The fourth-order valence-corrected chi connectivity index (χ4v) is 2.67. The first-order valence-corrected chi connectivity index (χ1v) is 9.33. The lowest BCUT2D eigenvalue weighted by Crippen LogP contribution is -2.34. The molecule has 24 heavy (non-hydrogen) atoms. The molecule has 142 valence electrons. The summed E-state index contributed by atoms with van der Waals surface area (Å²) >= 11 is 0. The van der Waals surface area contributed by atoms with Crippen molar-refractivity contribution >= 4 is 11.9 Å². The molecule has 0 aromatic rings. The second kappa shape index (κ2) is 15.4. The molecule has 0 heterocycles. The van der Waals surface area contributed by atoms with E-state index in [0.29, 0.717) is 0 Å². The summed E-state index contributed by atoms with van der Waals surface area (Å²) in [5.74, 6) is -4.35. The van der Waals surface area contributed by atoms with Crippen molar-refractivity contribution in [3.05, 3.63) is 0 Å². The molecule has 6 nitrogen and oxygen atoms in total. The van der Waals surface area contributed by atoms with Crippen molar-refractivity contribution in [3.63, 3.8) is 0 Å². The van der Waals surface area contributed by atoms with Crippen LogP contribution >= 0.6 is 0 Å². The van der Waals surface area contributed by atoms with Gasteiger partial charge in [0.05, 0.1) is 6.10 Å². The predicted octanol–water partition coefficient (Wildman–Crippen LogP) is 3.03. The lowest BCUT2D eigenvalue weighted by Gasteiger charge is -2.14. The van der Waals surface area contributed by atoms with Crippen LogP contribution in [0.25, 0.3) is 0 Å². The van der Waals surface area contributed by atoms with Gasteiger partial charge < -0.3 is 20.6 Å². The zero-order chi connectivity index (χ0) is 18.2. The predicted molar refractivity (Wildman–Crippen MR) is 94.1 cm³/mol. The van der Waals surface area contributed by atoms with Crippen LogP contribution in [0.4, 0.5) is 0 Å². The smallest absolute Gasteiger partial charge is 0.317 e. The fourth-order valence-electron chi connectivity index (χ4n) is 2.67. The summed E-state index contributed by atoms with van der Waals surface area (Å²) in [5.41, 5.74) is 0. The van der Waals surface area contributed by atoms with Crippen LogP contribution in [0.2, 0.25) is 0 Å². The molecule has 4 N–H and O–H groups in total. The average Bonchev–Trinajstić information content (AvgIpc) is 2.53. The highest BCUT2D eigenvalue weighted by atomic mass is 16.4. The molecule has 0 bridgehead atoms. The molecular weight excluding hydrogens is 310 g/mol. The average molecular weight is 345 g/mol. The largest absolute Gasteiger partial charge is 0.481 e. The Labute approximate surface area is 145 Å². The molecule has 1 unspecified atom stereocenters. The number of aliphatic carboxylic acids is 2. The van der Waals surface area contributed by atoms with Crippen molar-refractivity contribution in [2.24, 2.45) is 5.92 Å². The summed E-state index contributed by atoms with van der Waals surface area (Å²) in [6, 6.07) is 0. The molecule has 0 spiro atoms. The zero-order valence-corrected chi connectivity index (χ0v) is 15.0. The third kappa shape index (κ3) is 13.3. The summed E-state index contributed by atoms with van der Waals surface area (Å²) in [4.78, 5) is 21.5. The number of carboxylic acid groups (broad SMARTS) is 2. The highest BCUT2D eigenvalue weighted by Gasteiger charge is 2.28. The molecule has 0 saturated carbocycles. The van der Waals surface area contributed by atoms with Crippen LogP contribution in [0.5, 0.6) is 0 Å². The standard InChI is InChI=1S/C18H35NO5/c1-2-3-4-5-6-7-8-9-10-11-12-19-14-15(20)13-16(17(21)22)18(23)24/h15-16,19-20H,2-14H2,1H3,(H,21,22)(H,23,24). The van der Waals surface area contributed by atoms with Gasteiger partial charge in [-0.15, -0.1) is 0 Å². The lowest BCUT2D eigenvalue weighted by atomic mass is 10.0. The summed E-state index contributed by atoms with van der Waals surface area (Å²) in [7, 11) is 0. The van der Waals surface area contributed by atoms with E-state index in [0.717, 1.165) is 19.4 Å². The Bertz CT molecular complexity index is 321. The van der Waals surface area contributed by atoms with E-state index >= 15 is 0 Å². The van der Waals surface area contributed by atoms with Gasteiger partial charge in [0.25, 0.3) is 0 Å². The van der Waals surface area contributed by atoms with Crippen LogP contribution in [-0.2, 0) is 9.59 Å². The van der Waals surface area contributed by atoms with E-state index in [1.165, 1.54) is 51.4 Å². The fraction of sp³-hybridized carbons (Fsp3) is 0.889. The summed E-state index contributed by atoms with van der Waals surface area (Å²) < 4.78 is 0. The maximum absolute atomic E-state index is 10.7. The van der Waals surface area contributed by atoms with Gasteiger partial charge in [-0.25, -0.2) is 0 Å². The first-order chi connectivity index (χ1) is 11.5. The van der Waals surface area contributed by atoms with Gasteiger partial charge in [0.1, 0.15) is 0 Å². The number of aliphatic hydroxyl groups excluding tert-OH is 1. The van der Waals surface area contributed by atoms with Crippen LogP contribution in [-0.4, -0.2) is 46.5 Å². The second-order valence-corrected chi connectivity index (χ2v) is 6.50. The van der Waals surface area contributed by atoms with Crippen molar-refractivity contribution < 1.29 is 24.9 Å². The van der Waals surface area contributed by atoms with Gasteiger partial charge in [0.2, 0.25) is 0 Å². The molecule has 0 fully saturated rings. The van der Waals surface area contributed by atoms with Crippen molar-refractivity contribution in [3.8, 4) is 0 Å². The second-order valence-electron chi connectivity index (χ2n) is 6.50. The number of hydrogen-bond acceptors (Lipinski definition) is 4. The molecule has 0 aliphatic carbocycles. The van der Waals surface area contributed by atoms with Gasteiger partial charge in [-0.05, 0) is 19.4 Å². The van der Waals surface area contributed by atoms with Gasteiger partial charge in [-0.1, -0.05) is 64.7 Å². The number of unbranched alkanes of at least 4 members (excludes halogenated alkanes) is 9. The molecule has 0 aliphatic heterocycles. The van der Waals surface area contributed by atoms with Crippen LogP contribution in [0.1, 0.15) is 77.6 Å². The van der Waals surface area contributed by atoms with Crippen LogP contribution in [0.3, 0.4) is 0 Å². The third-order valence-electron chi connectivity index (χ3n) is 4.19. The van der Waals surface area contributed by atoms with E-state index in [1.54, 1.807) is 0 Å². The van der Waals surface area contributed by atoms with Crippen molar-refractivity contribution in [2.45, 2.75) is 83.7 Å². The van der Waals surface area contributed by atoms with E-state index in [-0.39, 0.29) is 13.0 Å². The molecule has 0 radical (unpaired) electrons. The van der Waals surface area contributed by atoms with Gasteiger partial charge >= 0.3 is 11.9 Å². The molecule has 0 aromatic carbocycles. The first kappa shape index (κ1) is 22.9. The van der Waals surface area contributed by atoms with E-state index in [4.69, 9.17) is 10.2 Å². The minimum Gasteiger partial charge on any atom is -0.481 e. The molecule has 0 aliphatic rings. The number of rotatable bonds is 17. The van der Waals surface area contributed by atoms with E-state index in [2.05, 4.69) is 12.2 Å². The summed E-state index contributed by atoms with van der Waals surface area (Å²) in [5, 5.41) is 30.3. The number of hydrogen-bond donors (Lipinski definition) is 4.